The summed E-state index contributed by atoms with van der Waals surface area (Å²) in [7, 11) is 0. The first-order valence-electron chi connectivity index (χ1n) is 5.72. The molecule has 0 spiro atoms. The van der Waals surface area contributed by atoms with Crippen molar-refractivity contribution in [2.45, 2.75) is 0 Å². The lowest BCUT2D eigenvalue weighted by molar-refractivity contribution is 0.623. The lowest BCUT2D eigenvalue weighted by Gasteiger charge is -2.07. The van der Waals surface area contributed by atoms with E-state index in [4.69, 9.17) is 0 Å². The van der Waals surface area contributed by atoms with Gasteiger partial charge in [0.2, 0.25) is 0 Å². The van der Waals surface area contributed by atoms with Crippen molar-refractivity contribution in [3.05, 3.63) is 75.4 Å². The Bertz CT molecular complexity index is 811. The molecule has 3 aromatic rings. The number of para-hydroxylation sites is 1. The SMILES string of the molecule is O=c1c2cc(Br)c(F)cc2ccn1-c1ccccc1. The molecule has 94 valence electrons. The molecule has 19 heavy (non-hydrogen) atoms. The van der Waals surface area contributed by atoms with Gasteiger partial charge in [0.05, 0.1) is 4.47 Å². The van der Waals surface area contributed by atoms with Gasteiger partial charge in [-0.3, -0.25) is 9.36 Å². The number of hydrogen-bond acceptors (Lipinski definition) is 1. The van der Waals surface area contributed by atoms with Gasteiger partial charge in [0.25, 0.3) is 5.56 Å². The van der Waals surface area contributed by atoms with E-state index in [0.717, 1.165) is 5.69 Å². The summed E-state index contributed by atoms with van der Waals surface area (Å²) in [6.45, 7) is 0. The molecule has 0 atom stereocenters. The summed E-state index contributed by atoms with van der Waals surface area (Å²) in [5, 5.41) is 1.08. The quantitative estimate of drug-likeness (QED) is 0.667. The van der Waals surface area contributed by atoms with Gasteiger partial charge in [0, 0.05) is 17.3 Å². The molecule has 0 fully saturated rings. The molecule has 0 aliphatic carbocycles. The van der Waals surface area contributed by atoms with E-state index in [-0.39, 0.29) is 11.4 Å². The van der Waals surface area contributed by atoms with Crippen LogP contribution in [0, 0.1) is 5.82 Å². The van der Waals surface area contributed by atoms with E-state index in [1.165, 1.54) is 12.1 Å². The lowest BCUT2D eigenvalue weighted by atomic mass is 10.1. The van der Waals surface area contributed by atoms with Crippen molar-refractivity contribution in [3.63, 3.8) is 0 Å². The maximum absolute atomic E-state index is 13.4. The second kappa shape index (κ2) is 4.63. The first kappa shape index (κ1) is 12.1. The summed E-state index contributed by atoms with van der Waals surface area (Å²) in [5.74, 6) is -0.371. The highest BCUT2D eigenvalue weighted by atomic mass is 79.9. The third-order valence-corrected chi connectivity index (χ3v) is 3.59. The van der Waals surface area contributed by atoms with Crippen molar-refractivity contribution in [2.75, 3.05) is 0 Å². The largest absolute Gasteiger partial charge is 0.284 e. The summed E-state index contributed by atoms with van der Waals surface area (Å²) in [6, 6.07) is 13.9. The Balaban J connectivity index is 2.33. The van der Waals surface area contributed by atoms with Gasteiger partial charge >= 0.3 is 0 Å². The van der Waals surface area contributed by atoms with E-state index < -0.39 is 0 Å². The van der Waals surface area contributed by atoms with Crippen LogP contribution in [0.1, 0.15) is 0 Å². The molecule has 3 rings (SSSR count). The molecule has 0 aliphatic rings. The van der Waals surface area contributed by atoms with Crippen molar-refractivity contribution in [3.8, 4) is 5.69 Å². The highest BCUT2D eigenvalue weighted by Crippen LogP contribution is 2.21. The number of hydrogen-bond donors (Lipinski definition) is 0. The van der Waals surface area contributed by atoms with E-state index in [0.29, 0.717) is 15.2 Å². The first-order valence-corrected chi connectivity index (χ1v) is 6.52. The third-order valence-electron chi connectivity index (χ3n) is 2.98. The highest BCUT2D eigenvalue weighted by molar-refractivity contribution is 9.10. The van der Waals surface area contributed by atoms with Crippen LogP contribution >= 0.6 is 15.9 Å². The Morgan fingerprint density at radius 3 is 2.53 bits per heavy atom. The fraction of sp³-hybridized carbons (Fsp3) is 0. The van der Waals surface area contributed by atoms with Crippen LogP contribution in [-0.4, -0.2) is 4.57 Å². The maximum atomic E-state index is 13.4. The van der Waals surface area contributed by atoms with Gasteiger partial charge in [-0.25, -0.2) is 4.39 Å². The summed E-state index contributed by atoms with van der Waals surface area (Å²) >= 11 is 3.11. The van der Waals surface area contributed by atoms with Gasteiger partial charge in [0.1, 0.15) is 5.82 Å². The first-order chi connectivity index (χ1) is 9.16. The van der Waals surface area contributed by atoms with Gasteiger partial charge < -0.3 is 0 Å². The van der Waals surface area contributed by atoms with Crippen LogP contribution in [0.5, 0.6) is 0 Å². The Labute approximate surface area is 117 Å². The number of nitrogens with zero attached hydrogens (tertiary/aromatic N) is 1. The molecule has 0 saturated carbocycles. The zero-order valence-electron chi connectivity index (χ0n) is 9.81. The van der Waals surface area contributed by atoms with Crippen molar-refractivity contribution >= 4 is 26.7 Å². The Kier molecular flexibility index (Phi) is 2.95. The molecule has 0 unspecified atom stereocenters. The van der Waals surface area contributed by atoms with E-state index in [1.54, 1.807) is 16.8 Å². The normalized spacial score (nSPS) is 10.8. The molecule has 0 bridgehead atoms. The van der Waals surface area contributed by atoms with Crippen LogP contribution in [0.25, 0.3) is 16.5 Å². The molecule has 2 nitrogen and oxygen atoms in total. The molecule has 0 N–H and O–H groups in total. The van der Waals surface area contributed by atoms with Crippen LogP contribution in [0.3, 0.4) is 0 Å². The predicted molar refractivity (Wildman–Crippen MR) is 77.2 cm³/mol. The van der Waals surface area contributed by atoms with Gasteiger partial charge in [-0.05, 0) is 51.6 Å². The predicted octanol–water partition coefficient (Wildman–Crippen LogP) is 3.89. The standard InChI is InChI=1S/C15H9BrFNO/c16-13-9-12-10(8-14(13)17)6-7-18(15(12)19)11-4-2-1-3-5-11/h1-9H. The van der Waals surface area contributed by atoms with Crippen molar-refractivity contribution in [1.29, 1.82) is 0 Å². The zero-order chi connectivity index (χ0) is 13.4. The van der Waals surface area contributed by atoms with Gasteiger partial charge in [-0.15, -0.1) is 0 Å². The number of benzene rings is 2. The minimum Gasteiger partial charge on any atom is -0.284 e. The van der Waals surface area contributed by atoms with Crippen LogP contribution < -0.4 is 5.56 Å². The van der Waals surface area contributed by atoms with Crippen LogP contribution in [-0.2, 0) is 0 Å². The number of fused-ring (bicyclic) bond motifs is 1. The summed E-state index contributed by atoms with van der Waals surface area (Å²) in [6.07, 6.45) is 1.66. The monoisotopic (exact) mass is 317 g/mol. The molecule has 0 radical (unpaired) electrons. The topological polar surface area (TPSA) is 22.0 Å². The van der Waals surface area contributed by atoms with E-state index >= 15 is 0 Å². The molecular formula is C15H9BrFNO. The van der Waals surface area contributed by atoms with Crippen molar-refractivity contribution in [1.82, 2.24) is 4.57 Å². The summed E-state index contributed by atoms with van der Waals surface area (Å²) < 4.78 is 15.3. The van der Waals surface area contributed by atoms with Gasteiger partial charge in [-0.1, -0.05) is 18.2 Å². The maximum Gasteiger partial charge on any atom is 0.262 e. The van der Waals surface area contributed by atoms with Crippen LogP contribution in [0.4, 0.5) is 4.39 Å². The van der Waals surface area contributed by atoms with Crippen molar-refractivity contribution < 1.29 is 4.39 Å². The third kappa shape index (κ3) is 2.08. The highest BCUT2D eigenvalue weighted by Gasteiger charge is 2.08. The molecule has 1 heterocycles. The lowest BCUT2D eigenvalue weighted by Crippen LogP contribution is -2.17. The average Bonchev–Trinajstić information content (AvgIpc) is 2.42. The fourth-order valence-corrected chi connectivity index (χ4v) is 2.37. The minimum atomic E-state index is -0.371. The van der Waals surface area contributed by atoms with Crippen molar-refractivity contribution in [2.24, 2.45) is 0 Å². The number of pyridine rings is 1. The Morgan fingerprint density at radius 2 is 1.79 bits per heavy atom. The molecule has 0 saturated heterocycles. The van der Waals surface area contributed by atoms with E-state index in [2.05, 4.69) is 15.9 Å². The van der Waals surface area contributed by atoms with Gasteiger partial charge in [0.15, 0.2) is 0 Å². The Morgan fingerprint density at radius 1 is 1.05 bits per heavy atom. The fourth-order valence-electron chi connectivity index (χ4n) is 2.03. The zero-order valence-corrected chi connectivity index (χ0v) is 11.4. The molecule has 0 amide bonds. The Hall–Kier alpha value is -1.94. The second-order valence-corrected chi connectivity index (χ2v) is 5.03. The molecule has 4 heteroatoms. The second-order valence-electron chi connectivity index (χ2n) is 4.18. The van der Waals surface area contributed by atoms with Gasteiger partial charge in [-0.2, -0.15) is 0 Å². The number of halogens is 2. The summed E-state index contributed by atoms with van der Waals surface area (Å²) in [4.78, 5) is 12.4. The minimum absolute atomic E-state index is 0.163. The van der Waals surface area contributed by atoms with Crippen LogP contribution in [0.15, 0.2) is 64.0 Å². The molecule has 1 aromatic heterocycles. The molecule has 2 aromatic carbocycles. The molecule has 0 aliphatic heterocycles. The van der Waals surface area contributed by atoms with E-state index in [9.17, 15) is 9.18 Å². The van der Waals surface area contributed by atoms with E-state index in [1.807, 2.05) is 30.3 Å². The summed E-state index contributed by atoms with van der Waals surface area (Å²) in [5.41, 5.74) is 0.624. The average molecular weight is 318 g/mol. The number of rotatable bonds is 1. The smallest absolute Gasteiger partial charge is 0.262 e. The number of aromatic nitrogens is 1. The van der Waals surface area contributed by atoms with Crippen LogP contribution in [0.2, 0.25) is 0 Å². The molecular weight excluding hydrogens is 309 g/mol.